The van der Waals surface area contributed by atoms with Gasteiger partial charge in [-0.2, -0.15) is 4.98 Å². The van der Waals surface area contributed by atoms with Gasteiger partial charge >= 0.3 is 5.69 Å². The highest BCUT2D eigenvalue weighted by molar-refractivity contribution is 5.58. The first-order valence-electron chi connectivity index (χ1n) is 5.62. The standard InChI is InChI=1S/C13H9N5O/c19-13-17-11(9-3-1-5-14-7-9)16-12(18-13)10-4-2-6-15-8-10/h1-8H,(H,16,17,18,19). The molecule has 0 atom stereocenters. The smallest absolute Gasteiger partial charge is 0.290 e. The molecule has 0 amide bonds. The first-order chi connectivity index (χ1) is 9.33. The minimum absolute atomic E-state index is 0.343. The number of rotatable bonds is 2. The van der Waals surface area contributed by atoms with E-state index in [1.165, 1.54) is 0 Å². The third-order valence-corrected chi connectivity index (χ3v) is 2.51. The molecule has 19 heavy (non-hydrogen) atoms. The summed E-state index contributed by atoms with van der Waals surface area (Å²) in [5.74, 6) is 0.780. The lowest BCUT2D eigenvalue weighted by Gasteiger charge is -2.02. The highest BCUT2D eigenvalue weighted by Crippen LogP contribution is 2.15. The Balaban J connectivity index is 2.15. The van der Waals surface area contributed by atoms with Gasteiger partial charge in [-0.1, -0.05) is 0 Å². The van der Waals surface area contributed by atoms with E-state index < -0.39 is 5.69 Å². The van der Waals surface area contributed by atoms with Crippen LogP contribution in [-0.4, -0.2) is 24.9 Å². The summed E-state index contributed by atoms with van der Waals surface area (Å²) in [4.78, 5) is 30.4. The van der Waals surface area contributed by atoms with E-state index in [-0.39, 0.29) is 0 Å². The summed E-state index contributed by atoms with van der Waals surface area (Å²) >= 11 is 0. The zero-order valence-corrected chi connectivity index (χ0v) is 9.82. The molecule has 0 bridgehead atoms. The van der Waals surface area contributed by atoms with Gasteiger partial charge < -0.3 is 0 Å². The second kappa shape index (κ2) is 4.77. The van der Waals surface area contributed by atoms with E-state index in [2.05, 4.69) is 24.9 Å². The number of H-pyrrole nitrogens is 1. The molecule has 92 valence electrons. The fourth-order valence-corrected chi connectivity index (χ4v) is 1.65. The first-order valence-corrected chi connectivity index (χ1v) is 5.62. The van der Waals surface area contributed by atoms with Crippen molar-refractivity contribution in [1.82, 2.24) is 24.9 Å². The van der Waals surface area contributed by atoms with Crippen LogP contribution in [0.5, 0.6) is 0 Å². The maximum absolute atomic E-state index is 11.6. The Labute approximate surface area is 108 Å². The quantitative estimate of drug-likeness (QED) is 0.741. The predicted octanol–water partition coefficient (Wildman–Crippen LogP) is 1.29. The van der Waals surface area contributed by atoms with Crippen LogP contribution in [0.3, 0.4) is 0 Å². The third kappa shape index (κ3) is 2.37. The van der Waals surface area contributed by atoms with Crippen molar-refractivity contribution < 1.29 is 0 Å². The van der Waals surface area contributed by atoms with Crippen LogP contribution in [0.4, 0.5) is 0 Å². The molecule has 0 unspecified atom stereocenters. The summed E-state index contributed by atoms with van der Waals surface area (Å²) in [6.45, 7) is 0. The van der Waals surface area contributed by atoms with Crippen LogP contribution in [-0.2, 0) is 0 Å². The lowest BCUT2D eigenvalue weighted by molar-refractivity contribution is 1.000. The minimum atomic E-state index is -0.451. The summed E-state index contributed by atoms with van der Waals surface area (Å²) in [6, 6.07) is 7.16. The van der Waals surface area contributed by atoms with Gasteiger partial charge in [-0.05, 0) is 24.3 Å². The first kappa shape index (κ1) is 11.2. The topological polar surface area (TPSA) is 84.4 Å². The summed E-state index contributed by atoms with van der Waals surface area (Å²) in [5, 5.41) is 0. The number of nitrogens with one attached hydrogen (secondary N) is 1. The van der Waals surface area contributed by atoms with Crippen molar-refractivity contribution in [3.05, 3.63) is 59.5 Å². The maximum Gasteiger partial charge on any atom is 0.348 e. The van der Waals surface area contributed by atoms with E-state index >= 15 is 0 Å². The number of nitrogens with zero attached hydrogens (tertiary/aromatic N) is 4. The van der Waals surface area contributed by atoms with E-state index in [0.29, 0.717) is 17.2 Å². The molecule has 0 aliphatic rings. The van der Waals surface area contributed by atoms with Crippen molar-refractivity contribution >= 4 is 0 Å². The lowest BCUT2D eigenvalue weighted by Crippen LogP contribution is -2.14. The van der Waals surface area contributed by atoms with Gasteiger partial charge in [0.15, 0.2) is 5.82 Å². The Morgan fingerprint density at radius 3 is 2.21 bits per heavy atom. The van der Waals surface area contributed by atoms with E-state index in [1.807, 2.05) is 6.07 Å². The van der Waals surface area contributed by atoms with Gasteiger partial charge in [-0.15, -0.1) is 0 Å². The van der Waals surface area contributed by atoms with Gasteiger partial charge in [0.05, 0.1) is 0 Å². The maximum atomic E-state index is 11.6. The summed E-state index contributed by atoms with van der Waals surface area (Å²) in [7, 11) is 0. The van der Waals surface area contributed by atoms with E-state index in [4.69, 9.17) is 0 Å². The third-order valence-electron chi connectivity index (χ3n) is 2.51. The normalized spacial score (nSPS) is 10.3. The van der Waals surface area contributed by atoms with Gasteiger partial charge in [0.25, 0.3) is 0 Å². The Morgan fingerprint density at radius 2 is 1.58 bits per heavy atom. The summed E-state index contributed by atoms with van der Waals surface area (Å²) in [6.07, 6.45) is 6.55. The van der Waals surface area contributed by atoms with Gasteiger partial charge in [0, 0.05) is 35.9 Å². The second-order valence-electron chi connectivity index (χ2n) is 3.81. The van der Waals surface area contributed by atoms with Crippen LogP contribution in [0.15, 0.2) is 53.8 Å². The van der Waals surface area contributed by atoms with Crippen LogP contribution in [0.1, 0.15) is 0 Å². The molecule has 3 aromatic rings. The number of aromatic nitrogens is 5. The molecule has 0 aliphatic heterocycles. The Kier molecular flexibility index (Phi) is 2.82. The summed E-state index contributed by atoms with van der Waals surface area (Å²) in [5.41, 5.74) is 0.971. The molecule has 0 saturated heterocycles. The van der Waals surface area contributed by atoms with Crippen LogP contribution in [0.25, 0.3) is 22.8 Å². The second-order valence-corrected chi connectivity index (χ2v) is 3.81. The Morgan fingerprint density at radius 1 is 0.895 bits per heavy atom. The largest absolute Gasteiger partial charge is 0.348 e. The van der Waals surface area contributed by atoms with Crippen LogP contribution in [0, 0.1) is 0 Å². The monoisotopic (exact) mass is 251 g/mol. The van der Waals surface area contributed by atoms with E-state index in [0.717, 1.165) is 5.56 Å². The average molecular weight is 251 g/mol. The van der Waals surface area contributed by atoms with Crippen molar-refractivity contribution in [1.29, 1.82) is 0 Å². The molecule has 3 rings (SSSR count). The van der Waals surface area contributed by atoms with Crippen molar-refractivity contribution in [3.63, 3.8) is 0 Å². The van der Waals surface area contributed by atoms with Gasteiger partial charge in [0.2, 0.25) is 0 Å². The van der Waals surface area contributed by atoms with Gasteiger partial charge in [0.1, 0.15) is 5.82 Å². The Bertz CT molecular complexity index is 679. The molecule has 0 saturated carbocycles. The van der Waals surface area contributed by atoms with Crippen molar-refractivity contribution in [2.24, 2.45) is 0 Å². The van der Waals surface area contributed by atoms with E-state index in [1.54, 1.807) is 43.0 Å². The lowest BCUT2D eigenvalue weighted by atomic mass is 10.2. The SMILES string of the molecule is O=c1nc(-c2cccnc2)nc(-c2cccnc2)[nH]1. The average Bonchev–Trinajstić information content (AvgIpc) is 2.48. The fraction of sp³-hybridized carbons (Fsp3) is 0. The molecular weight excluding hydrogens is 242 g/mol. The van der Waals surface area contributed by atoms with Gasteiger partial charge in [-0.25, -0.2) is 9.78 Å². The predicted molar refractivity (Wildman–Crippen MR) is 69.1 cm³/mol. The molecule has 3 heterocycles. The molecule has 3 aromatic heterocycles. The molecule has 6 heteroatoms. The molecule has 0 fully saturated rings. The van der Waals surface area contributed by atoms with Crippen LogP contribution < -0.4 is 5.69 Å². The number of hydrogen-bond donors (Lipinski definition) is 1. The molecule has 0 radical (unpaired) electrons. The number of aromatic amines is 1. The Hall–Kier alpha value is -2.89. The number of hydrogen-bond acceptors (Lipinski definition) is 5. The summed E-state index contributed by atoms with van der Waals surface area (Å²) < 4.78 is 0. The molecular formula is C13H9N5O. The highest BCUT2D eigenvalue weighted by atomic mass is 16.1. The van der Waals surface area contributed by atoms with E-state index in [9.17, 15) is 4.79 Å². The zero-order valence-electron chi connectivity index (χ0n) is 9.82. The minimum Gasteiger partial charge on any atom is -0.290 e. The fourth-order valence-electron chi connectivity index (χ4n) is 1.65. The molecule has 6 nitrogen and oxygen atoms in total. The highest BCUT2D eigenvalue weighted by Gasteiger charge is 2.07. The van der Waals surface area contributed by atoms with Gasteiger partial charge in [-0.3, -0.25) is 15.0 Å². The molecule has 0 aliphatic carbocycles. The van der Waals surface area contributed by atoms with Crippen LogP contribution in [0.2, 0.25) is 0 Å². The number of pyridine rings is 2. The van der Waals surface area contributed by atoms with Crippen LogP contribution >= 0.6 is 0 Å². The molecule has 0 aromatic carbocycles. The molecule has 0 spiro atoms. The zero-order chi connectivity index (χ0) is 13.1. The van der Waals surface area contributed by atoms with Crippen molar-refractivity contribution in [2.45, 2.75) is 0 Å². The molecule has 1 N–H and O–H groups in total. The van der Waals surface area contributed by atoms with Crippen molar-refractivity contribution in [3.8, 4) is 22.8 Å². The van der Waals surface area contributed by atoms with Crippen molar-refractivity contribution in [2.75, 3.05) is 0 Å².